The number of benzene rings is 2. The molecule has 2 aromatic carbocycles. The van der Waals surface area contributed by atoms with E-state index in [9.17, 15) is 18.0 Å². The first-order chi connectivity index (χ1) is 14.9. The van der Waals surface area contributed by atoms with Gasteiger partial charge in [0.05, 0.1) is 18.0 Å². The molecule has 170 valence electrons. The quantitative estimate of drug-likeness (QED) is 0.541. The molecule has 0 saturated heterocycles. The number of methoxy groups -OCH3 is 1. The van der Waals surface area contributed by atoms with Crippen LogP contribution in [0.15, 0.2) is 53.4 Å². The standard InChI is InChI=1S/C23H25ClN2O5S/c1-14(25-21(27)20-13-16-12-17(24)8-11-19(16)26(20)4)15-6-9-18(10-7-15)32(29,30)23(2,3)22(28)31-5/h6-14H,1-5H3,(H,25,27)/t14-/m1/s1. The van der Waals surface area contributed by atoms with Gasteiger partial charge in [-0.2, -0.15) is 0 Å². The van der Waals surface area contributed by atoms with Gasteiger partial charge in [0, 0.05) is 23.0 Å². The molecular weight excluding hydrogens is 452 g/mol. The Labute approximate surface area is 192 Å². The minimum absolute atomic E-state index is 0.000685. The zero-order valence-electron chi connectivity index (χ0n) is 18.5. The van der Waals surface area contributed by atoms with Crippen LogP contribution in [0.3, 0.4) is 0 Å². The lowest BCUT2D eigenvalue weighted by Crippen LogP contribution is -2.41. The summed E-state index contributed by atoms with van der Waals surface area (Å²) in [6.07, 6.45) is 0. The predicted octanol–water partition coefficient (Wildman–Crippen LogP) is 4.05. The van der Waals surface area contributed by atoms with Gasteiger partial charge in [-0.15, -0.1) is 0 Å². The average molecular weight is 477 g/mol. The van der Waals surface area contributed by atoms with Crippen molar-refractivity contribution in [2.75, 3.05) is 7.11 Å². The Balaban J connectivity index is 1.81. The Morgan fingerprint density at radius 2 is 1.72 bits per heavy atom. The highest BCUT2D eigenvalue weighted by molar-refractivity contribution is 7.93. The van der Waals surface area contributed by atoms with E-state index in [-0.39, 0.29) is 16.8 Å². The Kier molecular flexibility index (Phi) is 6.40. The van der Waals surface area contributed by atoms with Gasteiger partial charge in [0.1, 0.15) is 5.69 Å². The molecule has 9 heteroatoms. The van der Waals surface area contributed by atoms with Crippen molar-refractivity contribution in [2.45, 2.75) is 36.5 Å². The highest BCUT2D eigenvalue weighted by atomic mass is 35.5. The summed E-state index contributed by atoms with van der Waals surface area (Å²) in [6, 6.07) is 12.9. The summed E-state index contributed by atoms with van der Waals surface area (Å²) in [6.45, 7) is 4.42. The zero-order chi connectivity index (χ0) is 23.8. The number of nitrogens with one attached hydrogen (secondary N) is 1. The van der Waals surface area contributed by atoms with E-state index < -0.39 is 20.6 Å². The summed E-state index contributed by atoms with van der Waals surface area (Å²) in [4.78, 5) is 24.8. The summed E-state index contributed by atoms with van der Waals surface area (Å²) >= 11 is 6.04. The molecule has 1 N–H and O–H groups in total. The minimum atomic E-state index is -3.96. The molecule has 7 nitrogen and oxygen atoms in total. The molecule has 1 aromatic heterocycles. The molecule has 32 heavy (non-hydrogen) atoms. The number of halogens is 1. The van der Waals surface area contributed by atoms with Crippen molar-refractivity contribution >= 4 is 44.2 Å². The Hall–Kier alpha value is -2.84. The lowest BCUT2D eigenvalue weighted by Gasteiger charge is -2.22. The third-order valence-electron chi connectivity index (χ3n) is 5.62. The highest BCUT2D eigenvalue weighted by Gasteiger charge is 2.43. The molecule has 0 unspecified atom stereocenters. The van der Waals surface area contributed by atoms with E-state index in [4.69, 9.17) is 11.6 Å². The number of carbonyl (C=O) groups excluding carboxylic acids is 2. The topological polar surface area (TPSA) is 94.5 Å². The van der Waals surface area contributed by atoms with Crippen LogP contribution in [-0.2, 0) is 26.4 Å². The van der Waals surface area contributed by atoms with Crippen LogP contribution in [0.25, 0.3) is 10.9 Å². The van der Waals surface area contributed by atoms with Gasteiger partial charge in [0.25, 0.3) is 5.91 Å². The molecule has 0 fully saturated rings. The third-order valence-corrected chi connectivity index (χ3v) is 8.26. The Morgan fingerprint density at radius 1 is 1.09 bits per heavy atom. The van der Waals surface area contributed by atoms with E-state index in [1.807, 2.05) is 6.07 Å². The molecular formula is C23H25ClN2O5S. The number of sulfone groups is 1. The molecule has 0 spiro atoms. The lowest BCUT2D eigenvalue weighted by molar-refractivity contribution is -0.142. The van der Waals surface area contributed by atoms with Crippen LogP contribution in [0.4, 0.5) is 0 Å². The SMILES string of the molecule is COC(=O)C(C)(C)S(=O)(=O)c1ccc([C@@H](C)NC(=O)c2cc3cc(Cl)ccc3n2C)cc1. The van der Waals surface area contributed by atoms with Crippen LogP contribution >= 0.6 is 11.6 Å². The maximum absolute atomic E-state index is 12.9. The second kappa shape index (κ2) is 8.60. The molecule has 0 saturated carbocycles. The smallest absolute Gasteiger partial charge is 0.327 e. The van der Waals surface area contributed by atoms with Crippen molar-refractivity contribution in [3.8, 4) is 0 Å². The number of rotatable bonds is 6. The molecule has 1 heterocycles. The summed E-state index contributed by atoms with van der Waals surface area (Å²) in [5, 5.41) is 4.38. The summed E-state index contributed by atoms with van der Waals surface area (Å²) in [7, 11) is -1.00. The number of fused-ring (bicyclic) bond motifs is 1. The van der Waals surface area contributed by atoms with Gasteiger partial charge in [0.15, 0.2) is 14.6 Å². The molecule has 3 rings (SSSR count). The summed E-state index contributed by atoms with van der Waals surface area (Å²) in [5.41, 5.74) is 2.08. The van der Waals surface area contributed by atoms with E-state index in [0.717, 1.165) is 23.6 Å². The molecule has 0 aliphatic carbocycles. The molecule has 0 aliphatic rings. The van der Waals surface area contributed by atoms with Gasteiger partial charge in [0.2, 0.25) is 0 Å². The normalized spacial score (nSPS) is 13.1. The number of hydrogen-bond acceptors (Lipinski definition) is 5. The van der Waals surface area contributed by atoms with Crippen LogP contribution in [0.1, 0.15) is 42.9 Å². The summed E-state index contributed by atoms with van der Waals surface area (Å²) < 4.78 is 30.4. The number of aromatic nitrogens is 1. The highest BCUT2D eigenvalue weighted by Crippen LogP contribution is 2.28. The van der Waals surface area contributed by atoms with Gasteiger partial charge in [-0.1, -0.05) is 23.7 Å². The van der Waals surface area contributed by atoms with Crippen molar-refractivity contribution in [1.82, 2.24) is 9.88 Å². The van der Waals surface area contributed by atoms with Crippen molar-refractivity contribution in [3.05, 3.63) is 64.8 Å². The van der Waals surface area contributed by atoms with Crippen molar-refractivity contribution in [1.29, 1.82) is 0 Å². The molecule has 0 aliphatic heterocycles. The van der Waals surface area contributed by atoms with E-state index in [2.05, 4.69) is 10.1 Å². The largest absolute Gasteiger partial charge is 0.468 e. The number of nitrogens with zero attached hydrogens (tertiary/aromatic N) is 1. The number of esters is 1. The van der Waals surface area contributed by atoms with Crippen LogP contribution in [-0.4, -0.2) is 36.7 Å². The number of ether oxygens (including phenoxy) is 1. The first-order valence-corrected chi connectivity index (χ1v) is 11.7. The zero-order valence-corrected chi connectivity index (χ0v) is 20.0. The van der Waals surface area contributed by atoms with Gasteiger partial charge in [-0.25, -0.2) is 8.42 Å². The lowest BCUT2D eigenvalue weighted by atomic mass is 10.1. The van der Waals surface area contributed by atoms with Crippen LogP contribution in [0, 0.1) is 0 Å². The fourth-order valence-corrected chi connectivity index (χ4v) is 5.04. The maximum atomic E-state index is 12.9. The molecule has 1 atom stereocenters. The van der Waals surface area contributed by atoms with E-state index in [1.165, 1.54) is 26.0 Å². The van der Waals surface area contributed by atoms with Gasteiger partial charge in [-0.3, -0.25) is 9.59 Å². The number of carbonyl (C=O) groups is 2. The van der Waals surface area contributed by atoms with Gasteiger partial charge in [-0.05, 0) is 62.7 Å². The predicted molar refractivity (Wildman–Crippen MR) is 124 cm³/mol. The van der Waals surface area contributed by atoms with E-state index >= 15 is 0 Å². The van der Waals surface area contributed by atoms with Gasteiger partial charge < -0.3 is 14.6 Å². The summed E-state index contributed by atoms with van der Waals surface area (Å²) in [5.74, 6) is -1.10. The third kappa shape index (κ3) is 4.12. The molecule has 3 aromatic rings. The van der Waals surface area contributed by atoms with Gasteiger partial charge >= 0.3 is 5.97 Å². The van der Waals surface area contributed by atoms with Crippen LogP contribution < -0.4 is 5.32 Å². The number of aryl methyl sites for hydroxylation is 1. The Morgan fingerprint density at radius 3 is 2.31 bits per heavy atom. The van der Waals surface area contributed by atoms with Crippen LogP contribution in [0.5, 0.6) is 0 Å². The number of amides is 1. The molecule has 1 amide bonds. The fourth-order valence-electron chi connectivity index (χ4n) is 3.48. The second-order valence-corrected chi connectivity index (χ2v) is 11.0. The number of hydrogen-bond donors (Lipinski definition) is 1. The fraction of sp³-hybridized carbons (Fsp3) is 0.304. The maximum Gasteiger partial charge on any atom is 0.327 e. The monoisotopic (exact) mass is 476 g/mol. The first kappa shape index (κ1) is 23.8. The van der Waals surface area contributed by atoms with Crippen molar-refractivity contribution in [3.63, 3.8) is 0 Å². The second-order valence-electron chi connectivity index (χ2n) is 8.06. The molecule has 0 radical (unpaired) electrons. The van der Waals surface area contributed by atoms with E-state index in [0.29, 0.717) is 10.7 Å². The first-order valence-electron chi connectivity index (χ1n) is 9.89. The Bertz CT molecular complexity index is 1290. The van der Waals surface area contributed by atoms with Crippen molar-refractivity contribution < 1.29 is 22.7 Å². The average Bonchev–Trinajstić information content (AvgIpc) is 3.08. The molecule has 0 bridgehead atoms. The minimum Gasteiger partial charge on any atom is -0.468 e. The van der Waals surface area contributed by atoms with Crippen molar-refractivity contribution in [2.24, 2.45) is 7.05 Å². The van der Waals surface area contributed by atoms with E-state index in [1.54, 1.807) is 48.9 Å². The van der Waals surface area contributed by atoms with Crippen LogP contribution in [0.2, 0.25) is 5.02 Å².